The highest BCUT2D eigenvalue weighted by Gasteiger charge is 2.23. The molecule has 0 bridgehead atoms. The summed E-state index contributed by atoms with van der Waals surface area (Å²) in [4.78, 5) is 22.0. The van der Waals surface area contributed by atoms with Gasteiger partial charge in [0.2, 0.25) is 0 Å². The SMILES string of the molecule is CCC(C)(C#CC#CC(C)(CC)OC(C)=O)OC(C)=O. The van der Waals surface area contributed by atoms with Crippen molar-refractivity contribution in [1.29, 1.82) is 0 Å². The summed E-state index contributed by atoms with van der Waals surface area (Å²) in [6.45, 7) is 9.90. The number of carbonyl (C=O) groups excluding carboxylic acids is 2. The third-order valence-electron chi connectivity index (χ3n) is 2.80. The van der Waals surface area contributed by atoms with Crippen molar-refractivity contribution >= 4 is 11.9 Å². The fraction of sp³-hybridized carbons (Fsp3) is 0.625. The van der Waals surface area contributed by atoms with Crippen LogP contribution in [-0.2, 0) is 19.1 Å². The monoisotopic (exact) mass is 278 g/mol. The number of ether oxygens (including phenoxy) is 2. The molecule has 0 saturated heterocycles. The van der Waals surface area contributed by atoms with Gasteiger partial charge < -0.3 is 9.47 Å². The van der Waals surface area contributed by atoms with Gasteiger partial charge in [0.1, 0.15) is 0 Å². The van der Waals surface area contributed by atoms with Crippen molar-refractivity contribution in [3.8, 4) is 23.7 Å². The normalized spacial score (nSPS) is 15.3. The molecule has 0 heterocycles. The third-order valence-corrected chi connectivity index (χ3v) is 2.80. The quantitative estimate of drug-likeness (QED) is 0.585. The molecule has 0 N–H and O–H groups in total. The van der Waals surface area contributed by atoms with Crippen molar-refractivity contribution in [3.63, 3.8) is 0 Å². The Balaban J connectivity index is 5.01. The second-order valence-corrected chi connectivity index (χ2v) is 4.86. The summed E-state index contributed by atoms with van der Waals surface area (Å²) >= 11 is 0. The number of hydrogen-bond acceptors (Lipinski definition) is 4. The molecule has 0 aromatic heterocycles. The summed E-state index contributed by atoms with van der Waals surface area (Å²) in [5, 5.41) is 0. The van der Waals surface area contributed by atoms with E-state index in [2.05, 4.69) is 23.7 Å². The Bertz CT molecular complexity index is 440. The van der Waals surface area contributed by atoms with Gasteiger partial charge in [-0.1, -0.05) is 13.8 Å². The first kappa shape index (κ1) is 18.1. The Morgan fingerprint density at radius 3 is 1.35 bits per heavy atom. The predicted molar refractivity (Wildman–Crippen MR) is 76.5 cm³/mol. The lowest BCUT2D eigenvalue weighted by Crippen LogP contribution is -2.28. The second kappa shape index (κ2) is 7.60. The summed E-state index contributed by atoms with van der Waals surface area (Å²) in [7, 11) is 0. The molecule has 0 aliphatic heterocycles. The maximum absolute atomic E-state index is 11.0. The number of esters is 2. The van der Waals surface area contributed by atoms with Crippen LogP contribution in [0.1, 0.15) is 54.4 Å². The van der Waals surface area contributed by atoms with E-state index in [0.717, 1.165) is 0 Å². The average Bonchev–Trinajstić information content (AvgIpc) is 2.33. The highest BCUT2D eigenvalue weighted by Crippen LogP contribution is 2.15. The molecule has 110 valence electrons. The molecule has 0 fully saturated rings. The van der Waals surface area contributed by atoms with Crippen molar-refractivity contribution < 1.29 is 19.1 Å². The minimum atomic E-state index is -0.843. The largest absolute Gasteiger partial charge is 0.446 e. The Morgan fingerprint density at radius 2 is 1.15 bits per heavy atom. The van der Waals surface area contributed by atoms with Crippen molar-refractivity contribution in [1.82, 2.24) is 0 Å². The molecule has 0 saturated carbocycles. The Hall–Kier alpha value is -1.94. The highest BCUT2D eigenvalue weighted by atomic mass is 16.6. The minimum absolute atomic E-state index is 0.380. The van der Waals surface area contributed by atoms with Gasteiger partial charge in [-0.05, 0) is 50.4 Å². The molecule has 0 aliphatic carbocycles. The van der Waals surface area contributed by atoms with Gasteiger partial charge in [0.15, 0.2) is 11.2 Å². The van der Waals surface area contributed by atoms with E-state index in [1.165, 1.54) is 13.8 Å². The molecule has 0 amide bonds. The van der Waals surface area contributed by atoms with Gasteiger partial charge in [-0.3, -0.25) is 9.59 Å². The summed E-state index contributed by atoms with van der Waals surface area (Å²) in [5.74, 6) is 10.2. The van der Waals surface area contributed by atoms with Crippen LogP contribution in [0.15, 0.2) is 0 Å². The Labute approximate surface area is 121 Å². The lowest BCUT2D eigenvalue weighted by Gasteiger charge is -2.21. The summed E-state index contributed by atoms with van der Waals surface area (Å²) < 4.78 is 10.3. The summed E-state index contributed by atoms with van der Waals surface area (Å²) in [5.41, 5.74) is -1.69. The van der Waals surface area contributed by atoms with Crippen molar-refractivity contribution in [2.24, 2.45) is 0 Å². The second-order valence-electron chi connectivity index (χ2n) is 4.86. The Morgan fingerprint density at radius 1 is 0.850 bits per heavy atom. The summed E-state index contributed by atoms with van der Waals surface area (Å²) in [6.07, 6.45) is 1.13. The van der Waals surface area contributed by atoms with Gasteiger partial charge in [-0.15, -0.1) is 0 Å². The van der Waals surface area contributed by atoms with E-state index < -0.39 is 11.2 Å². The van der Waals surface area contributed by atoms with Crippen LogP contribution in [0.2, 0.25) is 0 Å². The van der Waals surface area contributed by atoms with Gasteiger partial charge in [0.25, 0.3) is 0 Å². The fourth-order valence-electron chi connectivity index (χ4n) is 1.33. The minimum Gasteiger partial charge on any atom is -0.446 e. The molecular weight excluding hydrogens is 256 g/mol. The van der Waals surface area contributed by atoms with Crippen molar-refractivity contribution in [2.45, 2.75) is 65.6 Å². The van der Waals surface area contributed by atoms with E-state index in [-0.39, 0.29) is 11.9 Å². The van der Waals surface area contributed by atoms with Crippen molar-refractivity contribution in [2.75, 3.05) is 0 Å². The molecule has 0 aromatic carbocycles. The maximum Gasteiger partial charge on any atom is 0.304 e. The van der Waals surface area contributed by atoms with E-state index in [1.54, 1.807) is 13.8 Å². The zero-order valence-electron chi connectivity index (χ0n) is 13.0. The average molecular weight is 278 g/mol. The molecular formula is C16H22O4. The van der Waals surface area contributed by atoms with Gasteiger partial charge in [0, 0.05) is 13.8 Å². The number of rotatable bonds is 4. The molecule has 4 nitrogen and oxygen atoms in total. The highest BCUT2D eigenvalue weighted by molar-refractivity contribution is 5.67. The molecule has 0 aromatic rings. The van der Waals surface area contributed by atoms with Crippen molar-refractivity contribution in [3.05, 3.63) is 0 Å². The van der Waals surface area contributed by atoms with E-state index in [9.17, 15) is 9.59 Å². The number of carbonyl (C=O) groups is 2. The maximum atomic E-state index is 11.0. The van der Waals surface area contributed by atoms with Crippen LogP contribution in [0.3, 0.4) is 0 Å². The Kier molecular flexibility index (Phi) is 6.86. The van der Waals surface area contributed by atoms with Gasteiger partial charge >= 0.3 is 11.9 Å². The first-order valence-electron chi connectivity index (χ1n) is 6.60. The van der Waals surface area contributed by atoms with Crippen LogP contribution in [0.4, 0.5) is 0 Å². The molecule has 0 radical (unpaired) electrons. The molecule has 20 heavy (non-hydrogen) atoms. The fourth-order valence-corrected chi connectivity index (χ4v) is 1.33. The predicted octanol–water partition coefficient (Wildman–Crippen LogP) is 2.46. The smallest absolute Gasteiger partial charge is 0.304 e. The van der Waals surface area contributed by atoms with E-state index >= 15 is 0 Å². The van der Waals surface area contributed by atoms with E-state index in [4.69, 9.17) is 9.47 Å². The van der Waals surface area contributed by atoms with Crippen LogP contribution >= 0.6 is 0 Å². The van der Waals surface area contributed by atoms with E-state index in [0.29, 0.717) is 12.8 Å². The number of hydrogen-bond donors (Lipinski definition) is 0. The zero-order valence-corrected chi connectivity index (χ0v) is 13.0. The van der Waals surface area contributed by atoms with E-state index in [1.807, 2.05) is 13.8 Å². The summed E-state index contributed by atoms with van der Waals surface area (Å²) in [6, 6.07) is 0. The van der Waals surface area contributed by atoms with Crippen LogP contribution in [0.5, 0.6) is 0 Å². The van der Waals surface area contributed by atoms with Crippen LogP contribution in [0, 0.1) is 23.7 Å². The van der Waals surface area contributed by atoms with Gasteiger partial charge in [-0.25, -0.2) is 0 Å². The van der Waals surface area contributed by atoms with Crippen LogP contribution in [0.25, 0.3) is 0 Å². The molecule has 2 unspecified atom stereocenters. The first-order chi connectivity index (χ1) is 9.16. The van der Waals surface area contributed by atoms with Gasteiger partial charge in [-0.2, -0.15) is 0 Å². The lowest BCUT2D eigenvalue weighted by atomic mass is 10.0. The zero-order chi connectivity index (χ0) is 15.8. The third kappa shape index (κ3) is 6.85. The first-order valence-corrected chi connectivity index (χ1v) is 6.60. The molecule has 0 aliphatic rings. The topological polar surface area (TPSA) is 52.6 Å². The molecule has 2 atom stereocenters. The lowest BCUT2D eigenvalue weighted by molar-refractivity contribution is -0.151. The van der Waals surface area contributed by atoms with Crippen LogP contribution < -0.4 is 0 Å². The van der Waals surface area contributed by atoms with Crippen LogP contribution in [-0.4, -0.2) is 23.1 Å². The molecule has 4 heteroatoms. The van der Waals surface area contributed by atoms with Gasteiger partial charge in [0.05, 0.1) is 0 Å². The molecule has 0 rings (SSSR count). The standard InChI is InChI=1S/C16H22O4/c1-7-15(5,19-13(3)17)11-9-10-12-16(6,8-2)20-14(4)18/h7-8H2,1-6H3. The molecule has 0 spiro atoms.